The van der Waals surface area contributed by atoms with E-state index in [1.807, 2.05) is 0 Å². The summed E-state index contributed by atoms with van der Waals surface area (Å²) < 4.78 is 0. The van der Waals surface area contributed by atoms with Crippen LogP contribution >= 0.6 is 0 Å². The largest absolute Gasteiger partial charge is 0.389 e. The molecule has 4 unspecified atom stereocenters. The lowest BCUT2D eigenvalue weighted by atomic mass is 9.61. The molecule has 132 valence electrons. The van der Waals surface area contributed by atoms with Crippen LogP contribution in [0.1, 0.15) is 90.9 Å². The molecular weight excluding hydrogens is 284 g/mol. The van der Waals surface area contributed by atoms with Crippen LogP contribution in [0.25, 0.3) is 0 Å². The van der Waals surface area contributed by atoms with Crippen molar-refractivity contribution in [2.45, 2.75) is 102 Å². The van der Waals surface area contributed by atoms with Gasteiger partial charge in [0.05, 0.1) is 11.2 Å². The molecule has 4 fully saturated rings. The first-order valence-electron chi connectivity index (χ1n) is 10.3. The zero-order valence-corrected chi connectivity index (χ0v) is 15.2. The Morgan fingerprint density at radius 3 is 1.13 bits per heavy atom. The second kappa shape index (κ2) is 5.46. The van der Waals surface area contributed by atoms with Gasteiger partial charge in [0.2, 0.25) is 0 Å². The maximum absolute atomic E-state index is 11.6. The predicted octanol–water partition coefficient (Wildman–Crippen LogP) is 4.68. The maximum atomic E-state index is 11.6. The fourth-order valence-corrected chi connectivity index (χ4v) is 7.00. The third-order valence-corrected chi connectivity index (χ3v) is 8.86. The summed E-state index contributed by atoms with van der Waals surface area (Å²) in [7, 11) is 0. The summed E-state index contributed by atoms with van der Waals surface area (Å²) in [5, 5.41) is 23.3. The first kappa shape index (κ1) is 16.4. The zero-order valence-electron chi connectivity index (χ0n) is 15.2. The van der Waals surface area contributed by atoms with Crippen molar-refractivity contribution < 1.29 is 10.2 Å². The van der Waals surface area contributed by atoms with E-state index in [-0.39, 0.29) is 5.41 Å². The molecule has 0 radical (unpaired) electrons. The van der Waals surface area contributed by atoms with Crippen molar-refractivity contribution in [3.8, 4) is 0 Å². The first-order valence-corrected chi connectivity index (χ1v) is 10.3. The maximum Gasteiger partial charge on any atom is 0.0731 e. The highest BCUT2D eigenvalue weighted by atomic mass is 16.3. The second-order valence-electron chi connectivity index (χ2n) is 10.1. The highest BCUT2D eigenvalue weighted by Crippen LogP contribution is 2.62. The van der Waals surface area contributed by atoms with E-state index in [2.05, 4.69) is 13.8 Å². The molecule has 2 N–H and O–H groups in total. The van der Waals surface area contributed by atoms with E-state index in [1.54, 1.807) is 0 Å². The molecule has 4 aliphatic carbocycles. The highest BCUT2D eigenvalue weighted by molar-refractivity contribution is 5.14. The third-order valence-electron chi connectivity index (χ3n) is 8.86. The van der Waals surface area contributed by atoms with Crippen molar-refractivity contribution in [1.29, 1.82) is 0 Å². The Bertz CT molecular complexity index is 387. The van der Waals surface area contributed by atoms with Gasteiger partial charge in [-0.15, -0.1) is 0 Å². The van der Waals surface area contributed by atoms with Gasteiger partial charge in [0, 0.05) is 5.41 Å². The van der Waals surface area contributed by atoms with Gasteiger partial charge in [-0.2, -0.15) is 0 Å². The SMILES string of the molecule is CC(C)(C1(O)CC2CCCCC2C1)C1(O)CC2CCCCC2C1. The first-order chi connectivity index (χ1) is 10.8. The minimum atomic E-state index is -0.658. The van der Waals surface area contributed by atoms with Crippen molar-refractivity contribution in [3.63, 3.8) is 0 Å². The van der Waals surface area contributed by atoms with Gasteiger partial charge in [-0.3, -0.25) is 0 Å². The lowest BCUT2D eigenvalue weighted by molar-refractivity contribution is -0.178. The molecule has 0 bridgehead atoms. The van der Waals surface area contributed by atoms with Crippen LogP contribution in [-0.2, 0) is 0 Å². The number of hydrogen-bond donors (Lipinski definition) is 2. The van der Waals surface area contributed by atoms with Gasteiger partial charge in [-0.25, -0.2) is 0 Å². The third kappa shape index (κ3) is 2.42. The molecular formula is C21H36O2. The highest BCUT2D eigenvalue weighted by Gasteiger charge is 2.63. The van der Waals surface area contributed by atoms with E-state index in [9.17, 15) is 10.2 Å². The number of rotatable bonds is 2. The molecule has 0 aromatic carbocycles. The molecule has 4 rings (SSSR count). The smallest absolute Gasteiger partial charge is 0.0731 e. The Kier molecular flexibility index (Phi) is 3.89. The summed E-state index contributed by atoms with van der Waals surface area (Å²) in [4.78, 5) is 0. The van der Waals surface area contributed by atoms with Crippen LogP contribution < -0.4 is 0 Å². The summed E-state index contributed by atoms with van der Waals surface area (Å²) in [5.41, 5.74) is -1.70. The van der Waals surface area contributed by atoms with Gasteiger partial charge in [0.1, 0.15) is 0 Å². The van der Waals surface area contributed by atoms with Gasteiger partial charge in [0.15, 0.2) is 0 Å². The summed E-state index contributed by atoms with van der Waals surface area (Å²) in [6, 6.07) is 0. The second-order valence-corrected chi connectivity index (χ2v) is 10.1. The minimum Gasteiger partial charge on any atom is -0.389 e. The molecule has 4 atom stereocenters. The molecule has 0 heterocycles. The lowest BCUT2D eigenvalue weighted by Gasteiger charge is -2.50. The molecule has 0 spiro atoms. The average Bonchev–Trinajstić information content (AvgIpc) is 3.04. The predicted molar refractivity (Wildman–Crippen MR) is 93.0 cm³/mol. The van der Waals surface area contributed by atoms with Crippen LogP contribution in [0.2, 0.25) is 0 Å². The molecule has 0 aromatic heterocycles. The topological polar surface area (TPSA) is 40.5 Å². The molecule has 2 heteroatoms. The minimum absolute atomic E-state index is 0.380. The van der Waals surface area contributed by atoms with Crippen molar-refractivity contribution in [3.05, 3.63) is 0 Å². The van der Waals surface area contributed by atoms with Crippen molar-refractivity contribution in [2.24, 2.45) is 29.1 Å². The fourth-order valence-electron chi connectivity index (χ4n) is 7.00. The van der Waals surface area contributed by atoms with Gasteiger partial charge in [0.25, 0.3) is 0 Å². The van der Waals surface area contributed by atoms with Gasteiger partial charge in [-0.05, 0) is 49.4 Å². The van der Waals surface area contributed by atoms with Gasteiger partial charge >= 0.3 is 0 Å². The van der Waals surface area contributed by atoms with Crippen LogP contribution in [0, 0.1) is 29.1 Å². The Labute approximate surface area is 142 Å². The fraction of sp³-hybridized carbons (Fsp3) is 1.00. The van der Waals surface area contributed by atoms with Crippen LogP contribution in [0.3, 0.4) is 0 Å². The van der Waals surface area contributed by atoms with Crippen LogP contribution in [0.4, 0.5) is 0 Å². The van der Waals surface area contributed by atoms with Crippen molar-refractivity contribution >= 4 is 0 Å². The Morgan fingerprint density at radius 2 is 0.870 bits per heavy atom. The Balaban J connectivity index is 1.57. The standard InChI is InChI=1S/C21H36O2/c1-19(2,20(22)11-15-7-3-4-8-16(15)12-20)21(23)13-17-9-5-6-10-18(17)14-21/h15-18,22-23H,3-14H2,1-2H3. The van der Waals surface area contributed by atoms with Crippen molar-refractivity contribution in [2.75, 3.05) is 0 Å². The average molecular weight is 321 g/mol. The number of aliphatic hydroxyl groups is 2. The Hall–Kier alpha value is -0.0800. The van der Waals surface area contributed by atoms with E-state index in [0.29, 0.717) is 23.7 Å². The van der Waals surface area contributed by atoms with Gasteiger partial charge in [-0.1, -0.05) is 65.2 Å². The van der Waals surface area contributed by atoms with Gasteiger partial charge < -0.3 is 10.2 Å². The van der Waals surface area contributed by atoms with Crippen LogP contribution in [0.5, 0.6) is 0 Å². The molecule has 4 aliphatic rings. The quantitative estimate of drug-likeness (QED) is 0.776. The lowest BCUT2D eigenvalue weighted by Crippen LogP contribution is -2.57. The molecule has 4 saturated carbocycles. The van der Waals surface area contributed by atoms with Crippen molar-refractivity contribution in [1.82, 2.24) is 0 Å². The number of hydrogen-bond acceptors (Lipinski definition) is 2. The molecule has 0 amide bonds. The summed E-state index contributed by atoms with van der Waals surface area (Å²) in [6.07, 6.45) is 14.3. The summed E-state index contributed by atoms with van der Waals surface area (Å²) in [5.74, 6) is 2.83. The van der Waals surface area contributed by atoms with Crippen LogP contribution in [-0.4, -0.2) is 21.4 Å². The van der Waals surface area contributed by atoms with E-state index in [0.717, 1.165) is 25.7 Å². The van der Waals surface area contributed by atoms with E-state index >= 15 is 0 Å². The zero-order chi connectivity index (χ0) is 16.3. The van der Waals surface area contributed by atoms with E-state index in [4.69, 9.17) is 0 Å². The van der Waals surface area contributed by atoms with E-state index in [1.165, 1.54) is 51.4 Å². The normalized spacial score (nSPS) is 50.6. The molecule has 0 aliphatic heterocycles. The summed E-state index contributed by atoms with van der Waals surface area (Å²) in [6.45, 7) is 4.36. The molecule has 0 saturated heterocycles. The monoisotopic (exact) mass is 320 g/mol. The number of fused-ring (bicyclic) bond motifs is 2. The van der Waals surface area contributed by atoms with E-state index < -0.39 is 11.2 Å². The van der Waals surface area contributed by atoms with Crippen LogP contribution in [0.15, 0.2) is 0 Å². The summed E-state index contributed by atoms with van der Waals surface area (Å²) >= 11 is 0. The Morgan fingerprint density at radius 1 is 0.609 bits per heavy atom. The molecule has 2 nitrogen and oxygen atoms in total. The molecule has 23 heavy (non-hydrogen) atoms. The molecule has 0 aromatic rings.